The Balaban J connectivity index is 2.12. The van der Waals surface area contributed by atoms with Crippen LogP contribution in [0.4, 0.5) is 0 Å². The number of aliphatic imine (C=N–C) groups is 1. The van der Waals surface area contributed by atoms with E-state index in [0.29, 0.717) is 6.42 Å². The number of methoxy groups -OCH3 is 1. The number of nitrogens with zero attached hydrogens (tertiary/aromatic N) is 2. The van der Waals surface area contributed by atoms with Crippen LogP contribution in [0.2, 0.25) is 0 Å². The average Bonchev–Trinajstić information content (AvgIpc) is 3.07. The number of aromatic nitrogens is 1. The molecular weight excluding hydrogens is 292 g/mol. The van der Waals surface area contributed by atoms with Gasteiger partial charge >= 0.3 is 5.97 Å². The first kappa shape index (κ1) is 19.1. The molecule has 0 aliphatic carbocycles. The van der Waals surface area contributed by atoms with Gasteiger partial charge in [-0.3, -0.25) is 9.79 Å². The van der Waals surface area contributed by atoms with Gasteiger partial charge in [0.1, 0.15) is 0 Å². The highest BCUT2D eigenvalue weighted by molar-refractivity contribution is 5.79. The minimum atomic E-state index is -0.121. The Kier molecular flexibility index (Phi) is 10.4. The highest BCUT2D eigenvalue weighted by Gasteiger charge is 1.99. The van der Waals surface area contributed by atoms with Gasteiger partial charge < -0.3 is 19.9 Å². The summed E-state index contributed by atoms with van der Waals surface area (Å²) in [4.78, 5) is 15.6. The zero-order valence-electron chi connectivity index (χ0n) is 14.4. The predicted octanol–water partition coefficient (Wildman–Crippen LogP) is 2.17. The van der Waals surface area contributed by atoms with E-state index in [2.05, 4.69) is 44.2 Å². The topological polar surface area (TPSA) is 67.7 Å². The maximum atomic E-state index is 11.0. The van der Waals surface area contributed by atoms with Crippen LogP contribution in [0.25, 0.3) is 0 Å². The van der Waals surface area contributed by atoms with E-state index in [1.54, 1.807) is 0 Å². The van der Waals surface area contributed by atoms with Crippen molar-refractivity contribution in [1.29, 1.82) is 0 Å². The maximum Gasteiger partial charge on any atom is 0.305 e. The second kappa shape index (κ2) is 12.6. The molecule has 0 amide bonds. The van der Waals surface area contributed by atoms with Crippen molar-refractivity contribution in [2.24, 2.45) is 4.99 Å². The van der Waals surface area contributed by atoms with Crippen molar-refractivity contribution < 1.29 is 9.53 Å². The number of esters is 1. The lowest BCUT2D eigenvalue weighted by molar-refractivity contribution is -0.140. The van der Waals surface area contributed by atoms with E-state index >= 15 is 0 Å². The Morgan fingerprint density at radius 2 is 1.87 bits per heavy atom. The van der Waals surface area contributed by atoms with E-state index in [1.165, 1.54) is 7.11 Å². The smallest absolute Gasteiger partial charge is 0.305 e. The first-order valence-electron chi connectivity index (χ1n) is 8.46. The third kappa shape index (κ3) is 9.60. The van der Waals surface area contributed by atoms with Gasteiger partial charge in [0.25, 0.3) is 0 Å². The Morgan fingerprint density at radius 3 is 2.57 bits per heavy atom. The minimum Gasteiger partial charge on any atom is -0.469 e. The largest absolute Gasteiger partial charge is 0.469 e. The molecule has 6 heteroatoms. The number of carbonyl (C=O) groups excluding carboxylic acids is 1. The number of ether oxygens (including phenoxy) is 1. The number of rotatable bonds is 11. The lowest BCUT2D eigenvalue weighted by Crippen LogP contribution is -2.38. The standard InChI is InChI=1S/C17H30N4O2/c1-3-18-17(20-12-15-21-13-8-9-14-21)19-11-7-5-4-6-10-16(22)23-2/h8-9,13-14H,3-7,10-12,15H2,1-2H3,(H2,18,19,20). The Labute approximate surface area is 139 Å². The first-order chi connectivity index (χ1) is 11.3. The first-order valence-corrected chi connectivity index (χ1v) is 8.46. The molecule has 23 heavy (non-hydrogen) atoms. The van der Waals surface area contributed by atoms with Crippen molar-refractivity contribution in [3.05, 3.63) is 24.5 Å². The van der Waals surface area contributed by atoms with E-state index in [0.717, 1.165) is 57.8 Å². The molecule has 130 valence electrons. The van der Waals surface area contributed by atoms with Crippen LogP contribution in [0.15, 0.2) is 29.5 Å². The molecule has 1 aromatic heterocycles. The highest BCUT2D eigenvalue weighted by Crippen LogP contribution is 2.03. The Bertz CT molecular complexity index is 443. The fourth-order valence-corrected chi connectivity index (χ4v) is 2.19. The van der Waals surface area contributed by atoms with Gasteiger partial charge in [0.2, 0.25) is 0 Å². The molecule has 0 aromatic carbocycles. The Morgan fingerprint density at radius 1 is 1.13 bits per heavy atom. The summed E-state index contributed by atoms with van der Waals surface area (Å²) in [5.74, 6) is 0.749. The molecule has 0 atom stereocenters. The zero-order valence-corrected chi connectivity index (χ0v) is 14.4. The molecule has 0 saturated heterocycles. The van der Waals surface area contributed by atoms with Crippen LogP contribution in [0.1, 0.15) is 39.0 Å². The quantitative estimate of drug-likeness (QED) is 0.284. The van der Waals surface area contributed by atoms with Crippen molar-refractivity contribution in [2.75, 3.05) is 26.7 Å². The van der Waals surface area contributed by atoms with Crippen LogP contribution in [-0.2, 0) is 16.1 Å². The van der Waals surface area contributed by atoms with Crippen molar-refractivity contribution in [3.63, 3.8) is 0 Å². The lowest BCUT2D eigenvalue weighted by atomic mass is 10.1. The zero-order chi connectivity index (χ0) is 16.8. The summed E-state index contributed by atoms with van der Waals surface area (Å²) in [6.45, 7) is 5.49. The van der Waals surface area contributed by atoms with Gasteiger partial charge in [0, 0.05) is 45.0 Å². The molecule has 0 aliphatic rings. The molecule has 1 rings (SSSR count). The van der Waals surface area contributed by atoms with Gasteiger partial charge in [0.15, 0.2) is 5.96 Å². The SMILES string of the molecule is CCNC(=NCCCCCCC(=O)OC)NCCn1cccc1. The summed E-state index contributed by atoms with van der Waals surface area (Å²) in [7, 11) is 1.43. The normalized spacial score (nSPS) is 11.3. The van der Waals surface area contributed by atoms with E-state index in [4.69, 9.17) is 0 Å². The molecule has 0 radical (unpaired) electrons. The lowest BCUT2D eigenvalue weighted by Gasteiger charge is -2.11. The van der Waals surface area contributed by atoms with Gasteiger partial charge in [0.05, 0.1) is 7.11 Å². The second-order valence-electron chi connectivity index (χ2n) is 5.35. The van der Waals surface area contributed by atoms with Gasteiger partial charge in [-0.1, -0.05) is 12.8 Å². The third-order valence-corrected chi connectivity index (χ3v) is 3.46. The van der Waals surface area contributed by atoms with E-state index in [9.17, 15) is 4.79 Å². The molecular formula is C17H30N4O2. The van der Waals surface area contributed by atoms with Gasteiger partial charge in [-0.15, -0.1) is 0 Å². The van der Waals surface area contributed by atoms with Crippen LogP contribution in [0, 0.1) is 0 Å². The molecule has 2 N–H and O–H groups in total. The second-order valence-corrected chi connectivity index (χ2v) is 5.35. The molecule has 0 aliphatic heterocycles. The van der Waals surface area contributed by atoms with Gasteiger partial charge in [-0.05, 0) is 31.9 Å². The van der Waals surface area contributed by atoms with Gasteiger partial charge in [-0.25, -0.2) is 0 Å². The number of hydrogen-bond donors (Lipinski definition) is 2. The molecule has 1 aromatic rings. The summed E-state index contributed by atoms with van der Waals surface area (Å²) >= 11 is 0. The van der Waals surface area contributed by atoms with E-state index in [-0.39, 0.29) is 5.97 Å². The van der Waals surface area contributed by atoms with Gasteiger partial charge in [-0.2, -0.15) is 0 Å². The molecule has 0 fully saturated rings. The summed E-state index contributed by atoms with van der Waals surface area (Å²) in [5.41, 5.74) is 0. The minimum absolute atomic E-state index is 0.121. The molecule has 0 bridgehead atoms. The van der Waals surface area contributed by atoms with Crippen molar-refractivity contribution >= 4 is 11.9 Å². The molecule has 0 unspecified atom stereocenters. The van der Waals surface area contributed by atoms with Crippen LogP contribution < -0.4 is 10.6 Å². The molecule has 0 spiro atoms. The molecule has 1 heterocycles. The summed E-state index contributed by atoms with van der Waals surface area (Å²) in [5, 5.41) is 6.60. The van der Waals surface area contributed by atoms with Crippen molar-refractivity contribution in [2.45, 2.75) is 45.6 Å². The van der Waals surface area contributed by atoms with E-state index in [1.807, 2.05) is 12.1 Å². The van der Waals surface area contributed by atoms with E-state index < -0.39 is 0 Å². The summed E-state index contributed by atoms with van der Waals surface area (Å²) < 4.78 is 6.76. The Hall–Kier alpha value is -1.98. The van der Waals surface area contributed by atoms with Crippen LogP contribution in [0.5, 0.6) is 0 Å². The highest BCUT2D eigenvalue weighted by atomic mass is 16.5. The number of nitrogens with one attached hydrogen (secondary N) is 2. The number of carbonyl (C=O) groups is 1. The fourth-order valence-electron chi connectivity index (χ4n) is 2.19. The molecule has 0 saturated carbocycles. The summed E-state index contributed by atoms with van der Waals surface area (Å²) in [6.07, 6.45) is 8.69. The van der Waals surface area contributed by atoms with Crippen LogP contribution in [0.3, 0.4) is 0 Å². The van der Waals surface area contributed by atoms with Crippen molar-refractivity contribution in [3.8, 4) is 0 Å². The number of unbranched alkanes of at least 4 members (excludes halogenated alkanes) is 3. The molecule has 6 nitrogen and oxygen atoms in total. The van der Waals surface area contributed by atoms with Crippen molar-refractivity contribution in [1.82, 2.24) is 15.2 Å². The van der Waals surface area contributed by atoms with Crippen LogP contribution >= 0.6 is 0 Å². The monoisotopic (exact) mass is 322 g/mol. The predicted molar refractivity (Wildman–Crippen MR) is 93.5 cm³/mol. The van der Waals surface area contributed by atoms with Crippen LogP contribution in [-0.4, -0.2) is 43.2 Å². The number of hydrogen-bond acceptors (Lipinski definition) is 3. The summed E-state index contributed by atoms with van der Waals surface area (Å²) in [6, 6.07) is 4.05. The average molecular weight is 322 g/mol. The third-order valence-electron chi connectivity index (χ3n) is 3.46. The maximum absolute atomic E-state index is 11.0. The fraction of sp³-hybridized carbons (Fsp3) is 0.647. The number of guanidine groups is 1.